The third-order valence-corrected chi connectivity index (χ3v) is 3.14. The Morgan fingerprint density at radius 1 is 1.59 bits per heavy atom. The number of nitrogens with zero attached hydrogens (tertiary/aromatic N) is 3. The Balaban J connectivity index is 1.99. The first-order valence-electron chi connectivity index (χ1n) is 6.03. The van der Waals surface area contributed by atoms with E-state index in [9.17, 15) is 9.90 Å². The lowest BCUT2D eigenvalue weighted by atomic mass is 10.1. The number of hydrogen-bond donors (Lipinski definition) is 1. The monoisotopic (exact) mass is 237 g/mol. The van der Waals surface area contributed by atoms with Gasteiger partial charge in [0.1, 0.15) is 6.54 Å². The van der Waals surface area contributed by atoms with Crippen LogP contribution in [0.15, 0.2) is 6.07 Å². The number of carbonyl (C=O) groups excluding carboxylic acids is 1. The zero-order valence-electron chi connectivity index (χ0n) is 10.4. The Bertz CT molecular complexity index is 414. The summed E-state index contributed by atoms with van der Waals surface area (Å²) in [7, 11) is 0. The molecule has 5 heteroatoms. The first-order valence-corrected chi connectivity index (χ1v) is 6.03. The van der Waals surface area contributed by atoms with Crippen LogP contribution in [0.4, 0.5) is 0 Å². The van der Waals surface area contributed by atoms with Gasteiger partial charge in [-0.1, -0.05) is 0 Å². The van der Waals surface area contributed by atoms with Gasteiger partial charge >= 0.3 is 0 Å². The molecule has 94 valence electrons. The molecule has 1 N–H and O–H groups in total. The number of likely N-dealkylation sites (tertiary alicyclic amines) is 1. The van der Waals surface area contributed by atoms with Gasteiger partial charge in [-0.2, -0.15) is 5.10 Å². The van der Waals surface area contributed by atoms with Gasteiger partial charge in [0.2, 0.25) is 5.91 Å². The van der Waals surface area contributed by atoms with Gasteiger partial charge in [0.05, 0.1) is 11.8 Å². The fourth-order valence-corrected chi connectivity index (χ4v) is 2.24. The van der Waals surface area contributed by atoms with Gasteiger partial charge < -0.3 is 10.0 Å². The molecule has 1 fully saturated rings. The van der Waals surface area contributed by atoms with Crippen molar-refractivity contribution in [2.75, 3.05) is 13.1 Å². The summed E-state index contributed by atoms with van der Waals surface area (Å²) in [5, 5.41) is 13.8. The molecule has 1 aromatic rings. The molecule has 1 amide bonds. The average Bonchev–Trinajstić information content (AvgIpc) is 2.57. The van der Waals surface area contributed by atoms with E-state index in [0.717, 1.165) is 30.8 Å². The molecule has 0 aromatic carbocycles. The van der Waals surface area contributed by atoms with Crippen LogP contribution in [0.25, 0.3) is 0 Å². The Morgan fingerprint density at radius 2 is 2.35 bits per heavy atom. The number of aliphatic hydroxyl groups excluding tert-OH is 1. The van der Waals surface area contributed by atoms with Crippen molar-refractivity contribution in [3.05, 3.63) is 17.5 Å². The molecule has 0 radical (unpaired) electrons. The minimum atomic E-state index is -0.367. The second-order valence-corrected chi connectivity index (χ2v) is 4.72. The van der Waals surface area contributed by atoms with Gasteiger partial charge in [-0.25, -0.2) is 0 Å². The summed E-state index contributed by atoms with van der Waals surface area (Å²) in [5.74, 6) is 0.0370. The van der Waals surface area contributed by atoms with Crippen LogP contribution >= 0.6 is 0 Å². The van der Waals surface area contributed by atoms with Crippen molar-refractivity contribution in [3.8, 4) is 0 Å². The topological polar surface area (TPSA) is 58.4 Å². The summed E-state index contributed by atoms with van der Waals surface area (Å²) in [6.07, 6.45) is 1.31. The molecule has 0 unspecified atom stereocenters. The highest BCUT2D eigenvalue weighted by atomic mass is 16.3. The van der Waals surface area contributed by atoms with E-state index >= 15 is 0 Å². The third kappa shape index (κ3) is 2.85. The standard InChI is InChI=1S/C12H19N3O2/c1-9-6-10(2)15(13-9)8-12(17)14-5-3-4-11(16)7-14/h6,11,16H,3-5,7-8H2,1-2H3/t11-/m0/s1. The van der Waals surface area contributed by atoms with Crippen molar-refractivity contribution in [3.63, 3.8) is 0 Å². The first-order chi connectivity index (χ1) is 8.06. The maximum atomic E-state index is 12.0. The number of hydrogen-bond acceptors (Lipinski definition) is 3. The molecule has 5 nitrogen and oxygen atoms in total. The number of aromatic nitrogens is 2. The molecule has 1 aliphatic heterocycles. The van der Waals surface area contributed by atoms with E-state index in [1.165, 1.54) is 0 Å². The van der Waals surface area contributed by atoms with Gasteiger partial charge in [0.25, 0.3) is 0 Å². The van der Waals surface area contributed by atoms with Crippen LogP contribution in [-0.2, 0) is 11.3 Å². The second-order valence-electron chi connectivity index (χ2n) is 4.72. The zero-order chi connectivity index (χ0) is 12.4. The maximum Gasteiger partial charge on any atom is 0.244 e. The summed E-state index contributed by atoms with van der Waals surface area (Å²) in [4.78, 5) is 13.8. The summed E-state index contributed by atoms with van der Waals surface area (Å²) < 4.78 is 1.72. The van der Waals surface area contributed by atoms with Gasteiger partial charge in [-0.15, -0.1) is 0 Å². The largest absolute Gasteiger partial charge is 0.391 e. The maximum absolute atomic E-state index is 12.0. The molecule has 0 saturated carbocycles. The Kier molecular flexibility index (Phi) is 3.47. The van der Waals surface area contributed by atoms with Gasteiger partial charge in [-0.3, -0.25) is 9.48 Å². The molecular weight excluding hydrogens is 218 g/mol. The van der Waals surface area contributed by atoms with Crippen LogP contribution in [0, 0.1) is 13.8 Å². The number of piperidine rings is 1. The number of carbonyl (C=O) groups is 1. The van der Waals surface area contributed by atoms with Gasteiger partial charge in [0, 0.05) is 18.8 Å². The molecule has 2 heterocycles. The Hall–Kier alpha value is -1.36. The Morgan fingerprint density at radius 3 is 2.94 bits per heavy atom. The third-order valence-electron chi connectivity index (χ3n) is 3.14. The van der Waals surface area contributed by atoms with Crippen LogP contribution in [-0.4, -0.2) is 44.9 Å². The zero-order valence-corrected chi connectivity index (χ0v) is 10.4. The van der Waals surface area contributed by atoms with Gasteiger partial charge in [0.15, 0.2) is 0 Å². The van der Waals surface area contributed by atoms with Crippen LogP contribution in [0.2, 0.25) is 0 Å². The first kappa shape index (κ1) is 12.1. The fraction of sp³-hybridized carbons (Fsp3) is 0.667. The van der Waals surface area contributed by atoms with E-state index in [1.54, 1.807) is 9.58 Å². The summed E-state index contributed by atoms with van der Waals surface area (Å²) >= 11 is 0. The molecular formula is C12H19N3O2. The van der Waals surface area contributed by atoms with Crippen molar-refractivity contribution < 1.29 is 9.90 Å². The van der Waals surface area contributed by atoms with Crippen molar-refractivity contribution in [2.45, 2.75) is 39.3 Å². The lowest BCUT2D eigenvalue weighted by Crippen LogP contribution is -2.43. The number of amides is 1. The molecule has 0 bridgehead atoms. The molecule has 1 aromatic heterocycles. The van der Waals surface area contributed by atoms with E-state index in [0.29, 0.717) is 6.54 Å². The second kappa shape index (κ2) is 4.87. The van der Waals surface area contributed by atoms with E-state index in [-0.39, 0.29) is 18.6 Å². The molecule has 1 atom stereocenters. The van der Waals surface area contributed by atoms with Crippen LogP contribution in [0.3, 0.4) is 0 Å². The minimum Gasteiger partial charge on any atom is -0.391 e. The lowest BCUT2D eigenvalue weighted by Gasteiger charge is -2.30. The predicted octanol–water partition coefficient (Wildman–Crippen LogP) is 0.483. The SMILES string of the molecule is Cc1cc(C)n(CC(=O)N2CCC[C@H](O)C2)n1. The number of aryl methyl sites for hydroxylation is 2. The van der Waals surface area contributed by atoms with Crippen LogP contribution < -0.4 is 0 Å². The molecule has 1 aliphatic rings. The average molecular weight is 237 g/mol. The van der Waals surface area contributed by atoms with Crippen LogP contribution in [0.1, 0.15) is 24.2 Å². The summed E-state index contributed by atoms with van der Waals surface area (Å²) in [5.41, 5.74) is 1.92. The van der Waals surface area contributed by atoms with Gasteiger partial charge in [-0.05, 0) is 32.8 Å². The lowest BCUT2D eigenvalue weighted by molar-refractivity contribution is -0.135. The van der Waals surface area contributed by atoms with E-state index < -0.39 is 0 Å². The van der Waals surface area contributed by atoms with E-state index in [1.807, 2.05) is 19.9 Å². The van der Waals surface area contributed by atoms with Crippen LogP contribution in [0.5, 0.6) is 0 Å². The minimum absolute atomic E-state index is 0.0370. The van der Waals surface area contributed by atoms with Crippen molar-refractivity contribution in [1.29, 1.82) is 0 Å². The summed E-state index contributed by atoms with van der Waals surface area (Å²) in [6, 6.07) is 1.96. The smallest absolute Gasteiger partial charge is 0.244 e. The molecule has 17 heavy (non-hydrogen) atoms. The molecule has 1 saturated heterocycles. The highest BCUT2D eigenvalue weighted by Crippen LogP contribution is 2.11. The number of rotatable bonds is 2. The highest BCUT2D eigenvalue weighted by molar-refractivity contribution is 5.76. The highest BCUT2D eigenvalue weighted by Gasteiger charge is 2.22. The predicted molar refractivity (Wildman–Crippen MR) is 63.5 cm³/mol. The molecule has 2 rings (SSSR count). The molecule has 0 spiro atoms. The normalized spacial score (nSPS) is 20.6. The molecule has 0 aliphatic carbocycles. The Labute approximate surface area is 101 Å². The fourth-order valence-electron chi connectivity index (χ4n) is 2.24. The number of aliphatic hydroxyl groups is 1. The van der Waals surface area contributed by atoms with Crippen molar-refractivity contribution in [2.24, 2.45) is 0 Å². The van der Waals surface area contributed by atoms with Crippen molar-refractivity contribution in [1.82, 2.24) is 14.7 Å². The van der Waals surface area contributed by atoms with Crippen molar-refractivity contribution >= 4 is 5.91 Å². The number of β-amino-alcohol motifs (C(OH)–C–C–N with tert-alkyl or cyclic N) is 1. The quantitative estimate of drug-likeness (QED) is 0.814. The van der Waals surface area contributed by atoms with E-state index in [4.69, 9.17) is 0 Å². The van der Waals surface area contributed by atoms with E-state index in [2.05, 4.69) is 5.10 Å². The summed E-state index contributed by atoms with van der Waals surface area (Å²) in [6.45, 7) is 5.33.